The number of nitrogens with zero attached hydrogens (tertiary/aromatic N) is 5. The predicted molar refractivity (Wildman–Crippen MR) is 82.3 cm³/mol. The third-order valence-corrected chi connectivity index (χ3v) is 3.90. The van der Waals surface area contributed by atoms with Crippen LogP contribution in [0.4, 0.5) is 5.95 Å². The summed E-state index contributed by atoms with van der Waals surface area (Å²) >= 11 is 0. The summed E-state index contributed by atoms with van der Waals surface area (Å²) in [6.45, 7) is 3.51. The van der Waals surface area contributed by atoms with Gasteiger partial charge >= 0.3 is 0 Å². The van der Waals surface area contributed by atoms with Crippen molar-refractivity contribution in [3.63, 3.8) is 0 Å². The first kappa shape index (κ1) is 14.5. The largest absolute Gasteiger partial charge is 0.350 e. The number of piperidine rings is 1. The highest BCUT2D eigenvalue weighted by Crippen LogP contribution is 2.16. The molecule has 0 spiro atoms. The molecule has 1 aliphatic rings. The molecule has 22 heavy (non-hydrogen) atoms. The highest BCUT2D eigenvalue weighted by atomic mass is 16.2. The summed E-state index contributed by atoms with van der Waals surface area (Å²) in [7, 11) is 0. The molecule has 3 rings (SSSR count). The Bertz CT molecular complexity index is 600. The molecule has 0 bridgehead atoms. The number of anilines is 1. The van der Waals surface area contributed by atoms with Crippen LogP contribution >= 0.6 is 0 Å². The Morgan fingerprint density at radius 1 is 1.32 bits per heavy atom. The zero-order valence-corrected chi connectivity index (χ0v) is 12.6. The van der Waals surface area contributed by atoms with Gasteiger partial charge in [0, 0.05) is 43.9 Å². The number of hydrogen-bond donors (Lipinski definition) is 1. The van der Waals surface area contributed by atoms with Crippen LogP contribution < -0.4 is 10.2 Å². The van der Waals surface area contributed by atoms with E-state index in [1.54, 1.807) is 35.5 Å². The first-order chi connectivity index (χ1) is 10.7. The lowest BCUT2D eigenvalue weighted by Gasteiger charge is -2.33. The number of carbonyl (C=O) groups is 1. The summed E-state index contributed by atoms with van der Waals surface area (Å²) < 4.78 is 1.66. The van der Waals surface area contributed by atoms with Crippen molar-refractivity contribution in [1.29, 1.82) is 0 Å². The van der Waals surface area contributed by atoms with Gasteiger partial charge in [-0.2, -0.15) is 5.10 Å². The maximum atomic E-state index is 12.3. The Morgan fingerprint density at radius 2 is 2.14 bits per heavy atom. The number of carbonyl (C=O) groups excluding carboxylic acids is 1. The minimum atomic E-state index is -0.307. The highest BCUT2D eigenvalue weighted by molar-refractivity contribution is 5.80. The van der Waals surface area contributed by atoms with Gasteiger partial charge in [0.15, 0.2) is 0 Å². The molecule has 0 aromatic carbocycles. The summed E-state index contributed by atoms with van der Waals surface area (Å²) in [5.74, 6) is 0.714. The molecule has 1 aliphatic heterocycles. The fourth-order valence-corrected chi connectivity index (χ4v) is 2.68. The zero-order chi connectivity index (χ0) is 15.4. The Labute approximate surface area is 129 Å². The van der Waals surface area contributed by atoms with Crippen molar-refractivity contribution >= 4 is 11.9 Å². The SMILES string of the molecule is C[C@H](C(=O)N[C@H]1CCCN(c2ncccn2)C1)n1cccn1. The van der Waals surface area contributed by atoms with Gasteiger partial charge in [-0.1, -0.05) is 0 Å². The van der Waals surface area contributed by atoms with Crippen LogP contribution in [0.15, 0.2) is 36.9 Å². The van der Waals surface area contributed by atoms with E-state index in [1.807, 2.05) is 13.0 Å². The Kier molecular flexibility index (Phi) is 4.32. The second-order valence-corrected chi connectivity index (χ2v) is 5.50. The van der Waals surface area contributed by atoms with Crippen molar-refractivity contribution in [2.24, 2.45) is 0 Å². The van der Waals surface area contributed by atoms with Gasteiger partial charge in [-0.3, -0.25) is 9.48 Å². The minimum absolute atomic E-state index is 0.00969. The Hall–Kier alpha value is -2.44. The van der Waals surface area contributed by atoms with Crippen molar-refractivity contribution in [3.05, 3.63) is 36.9 Å². The molecule has 2 aromatic rings. The van der Waals surface area contributed by atoms with E-state index in [1.165, 1.54) is 0 Å². The van der Waals surface area contributed by atoms with Gasteiger partial charge in [0.05, 0.1) is 0 Å². The summed E-state index contributed by atoms with van der Waals surface area (Å²) in [5, 5.41) is 7.23. The first-order valence-corrected chi connectivity index (χ1v) is 7.55. The van der Waals surface area contributed by atoms with Crippen molar-refractivity contribution < 1.29 is 4.79 Å². The topological polar surface area (TPSA) is 75.9 Å². The van der Waals surface area contributed by atoms with Crippen LogP contribution in [0.3, 0.4) is 0 Å². The number of rotatable bonds is 4. The molecular formula is C15H20N6O. The van der Waals surface area contributed by atoms with Crippen molar-refractivity contribution in [2.45, 2.75) is 31.8 Å². The molecule has 0 unspecified atom stereocenters. The third-order valence-electron chi connectivity index (χ3n) is 3.90. The molecule has 116 valence electrons. The van der Waals surface area contributed by atoms with Crippen LogP contribution in [0.2, 0.25) is 0 Å². The lowest BCUT2D eigenvalue weighted by atomic mass is 10.1. The predicted octanol–water partition coefficient (Wildman–Crippen LogP) is 1.02. The molecule has 1 saturated heterocycles. The molecule has 7 heteroatoms. The molecule has 1 N–H and O–H groups in total. The molecule has 2 aromatic heterocycles. The van der Waals surface area contributed by atoms with Crippen molar-refractivity contribution in [3.8, 4) is 0 Å². The fourth-order valence-electron chi connectivity index (χ4n) is 2.68. The summed E-state index contributed by atoms with van der Waals surface area (Å²) in [6, 6.07) is 3.43. The summed E-state index contributed by atoms with van der Waals surface area (Å²) in [6.07, 6.45) is 8.95. The van der Waals surface area contributed by atoms with Crippen LogP contribution in [-0.2, 0) is 4.79 Å². The average Bonchev–Trinajstić information content (AvgIpc) is 3.09. The van der Waals surface area contributed by atoms with Crippen molar-refractivity contribution in [2.75, 3.05) is 18.0 Å². The smallest absolute Gasteiger partial charge is 0.244 e. The van der Waals surface area contributed by atoms with E-state index in [2.05, 4.69) is 25.3 Å². The van der Waals surface area contributed by atoms with Gasteiger partial charge < -0.3 is 10.2 Å². The zero-order valence-electron chi connectivity index (χ0n) is 12.6. The maximum absolute atomic E-state index is 12.3. The molecule has 0 saturated carbocycles. The molecule has 0 radical (unpaired) electrons. The van der Waals surface area contributed by atoms with E-state index in [4.69, 9.17) is 0 Å². The molecule has 2 atom stereocenters. The second kappa shape index (κ2) is 6.55. The second-order valence-electron chi connectivity index (χ2n) is 5.50. The van der Waals surface area contributed by atoms with Gasteiger partial charge in [-0.05, 0) is 31.9 Å². The van der Waals surface area contributed by atoms with E-state index < -0.39 is 0 Å². The van der Waals surface area contributed by atoms with E-state index in [0.717, 1.165) is 31.9 Å². The Morgan fingerprint density at radius 3 is 2.86 bits per heavy atom. The minimum Gasteiger partial charge on any atom is -0.350 e. The normalized spacial score (nSPS) is 19.7. The molecule has 1 fully saturated rings. The van der Waals surface area contributed by atoms with Gasteiger partial charge in [-0.25, -0.2) is 9.97 Å². The number of aromatic nitrogens is 4. The van der Waals surface area contributed by atoms with Crippen LogP contribution in [0.5, 0.6) is 0 Å². The van der Waals surface area contributed by atoms with Gasteiger partial charge in [0.2, 0.25) is 11.9 Å². The highest BCUT2D eigenvalue weighted by Gasteiger charge is 2.25. The van der Waals surface area contributed by atoms with E-state index in [-0.39, 0.29) is 18.0 Å². The van der Waals surface area contributed by atoms with E-state index >= 15 is 0 Å². The lowest BCUT2D eigenvalue weighted by molar-refractivity contribution is -0.124. The molecular weight excluding hydrogens is 280 g/mol. The van der Waals surface area contributed by atoms with Crippen molar-refractivity contribution in [1.82, 2.24) is 25.1 Å². The fraction of sp³-hybridized carbons (Fsp3) is 0.467. The number of hydrogen-bond acceptors (Lipinski definition) is 5. The monoisotopic (exact) mass is 300 g/mol. The van der Waals surface area contributed by atoms with Gasteiger partial charge in [-0.15, -0.1) is 0 Å². The van der Waals surface area contributed by atoms with Crippen LogP contribution in [0.1, 0.15) is 25.8 Å². The van der Waals surface area contributed by atoms with Crippen LogP contribution in [0.25, 0.3) is 0 Å². The molecule has 0 aliphatic carbocycles. The maximum Gasteiger partial charge on any atom is 0.244 e. The number of nitrogens with one attached hydrogen (secondary N) is 1. The van der Waals surface area contributed by atoms with Gasteiger partial charge in [0.25, 0.3) is 0 Å². The molecule has 1 amide bonds. The van der Waals surface area contributed by atoms with Crippen LogP contribution in [0, 0.1) is 0 Å². The molecule has 7 nitrogen and oxygen atoms in total. The van der Waals surface area contributed by atoms with Crippen LogP contribution in [-0.4, -0.2) is 44.8 Å². The summed E-state index contributed by atoms with van der Waals surface area (Å²) in [5.41, 5.74) is 0. The summed E-state index contributed by atoms with van der Waals surface area (Å²) in [4.78, 5) is 23.0. The van der Waals surface area contributed by atoms with E-state index in [9.17, 15) is 4.79 Å². The average molecular weight is 300 g/mol. The lowest BCUT2D eigenvalue weighted by Crippen LogP contribution is -2.49. The Balaban J connectivity index is 1.59. The van der Waals surface area contributed by atoms with E-state index in [0.29, 0.717) is 0 Å². The third kappa shape index (κ3) is 3.24. The molecule has 3 heterocycles. The first-order valence-electron chi connectivity index (χ1n) is 7.55. The van der Waals surface area contributed by atoms with Gasteiger partial charge in [0.1, 0.15) is 6.04 Å². The number of amides is 1. The standard InChI is InChI=1S/C15H20N6O/c1-12(21-10-4-8-18-21)14(22)19-13-5-2-9-20(11-13)15-16-6-3-7-17-15/h3-4,6-8,10,12-13H,2,5,9,11H2,1H3,(H,19,22)/t12-,13+/m1/s1. The quantitative estimate of drug-likeness (QED) is 0.912.